The van der Waals surface area contributed by atoms with Crippen LogP contribution in [0.1, 0.15) is 26.2 Å². The van der Waals surface area contributed by atoms with Gasteiger partial charge in [0.05, 0.1) is 6.10 Å². The third-order valence-corrected chi connectivity index (χ3v) is 3.02. The predicted octanol–water partition coefficient (Wildman–Crippen LogP) is 2.63. The maximum atomic E-state index is 10.9. The van der Waals surface area contributed by atoms with Gasteiger partial charge in [-0.3, -0.25) is 4.79 Å². The van der Waals surface area contributed by atoms with E-state index in [1.807, 2.05) is 24.3 Å². The number of carbonyl (C=O) groups is 1. The Morgan fingerprint density at radius 2 is 2.06 bits per heavy atom. The zero-order valence-corrected chi connectivity index (χ0v) is 10.7. The van der Waals surface area contributed by atoms with E-state index >= 15 is 0 Å². The third kappa shape index (κ3) is 4.04. The van der Waals surface area contributed by atoms with E-state index in [9.17, 15) is 4.79 Å². The molecule has 4 nitrogen and oxygen atoms in total. The molecule has 0 aromatic heterocycles. The minimum Gasteiger partial charge on any atom is -0.385 e. The number of hydrogen-bond donors (Lipinski definition) is 2. The first-order valence-corrected chi connectivity index (χ1v) is 6.47. The summed E-state index contributed by atoms with van der Waals surface area (Å²) in [7, 11) is 0. The highest BCUT2D eigenvalue weighted by molar-refractivity contribution is 5.88. The molecular formula is C14H20N2O2. The summed E-state index contributed by atoms with van der Waals surface area (Å²) in [6, 6.07) is 7.74. The lowest BCUT2D eigenvalue weighted by Gasteiger charge is -2.11. The second kappa shape index (κ2) is 6.40. The van der Waals surface area contributed by atoms with E-state index in [-0.39, 0.29) is 5.91 Å². The number of anilines is 2. The number of carbonyl (C=O) groups excluding carboxylic acids is 1. The Kier molecular flexibility index (Phi) is 4.59. The van der Waals surface area contributed by atoms with Crippen LogP contribution < -0.4 is 10.6 Å². The summed E-state index contributed by atoms with van der Waals surface area (Å²) in [5, 5.41) is 6.11. The fourth-order valence-electron chi connectivity index (χ4n) is 2.12. The molecule has 0 radical (unpaired) electrons. The quantitative estimate of drug-likeness (QED) is 0.842. The van der Waals surface area contributed by atoms with Crippen LogP contribution in [0.4, 0.5) is 11.4 Å². The number of ether oxygens (including phenoxy) is 1. The second-order valence-corrected chi connectivity index (χ2v) is 4.61. The Morgan fingerprint density at radius 1 is 1.33 bits per heavy atom. The average molecular weight is 248 g/mol. The first-order valence-electron chi connectivity index (χ1n) is 6.47. The maximum Gasteiger partial charge on any atom is 0.221 e. The first kappa shape index (κ1) is 12.9. The van der Waals surface area contributed by atoms with Crippen molar-refractivity contribution in [2.75, 3.05) is 23.8 Å². The molecule has 0 aliphatic carbocycles. The first-order chi connectivity index (χ1) is 8.74. The van der Waals surface area contributed by atoms with Crippen LogP contribution in [-0.4, -0.2) is 25.2 Å². The number of nitrogens with one attached hydrogen (secondary N) is 2. The summed E-state index contributed by atoms with van der Waals surface area (Å²) >= 11 is 0. The van der Waals surface area contributed by atoms with E-state index in [2.05, 4.69) is 10.6 Å². The Morgan fingerprint density at radius 3 is 2.67 bits per heavy atom. The summed E-state index contributed by atoms with van der Waals surface area (Å²) in [5.41, 5.74) is 1.90. The van der Waals surface area contributed by atoms with Crippen molar-refractivity contribution >= 4 is 17.3 Å². The zero-order valence-electron chi connectivity index (χ0n) is 10.7. The van der Waals surface area contributed by atoms with Gasteiger partial charge in [-0.25, -0.2) is 0 Å². The van der Waals surface area contributed by atoms with Crippen LogP contribution in [-0.2, 0) is 9.53 Å². The van der Waals surface area contributed by atoms with E-state index in [1.165, 1.54) is 19.8 Å². The van der Waals surface area contributed by atoms with Crippen LogP contribution in [0.3, 0.4) is 0 Å². The van der Waals surface area contributed by atoms with Gasteiger partial charge in [-0.1, -0.05) is 0 Å². The van der Waals surface area contributed by atoms with Gasteiger partial charge in [0.15, 0.2) is 0 Å². The van der Waals surface area contributed by atoms with Crippen LogP contribution in [0.2, 0.25) is 0 Å². The molecular weight excluding hydrogens is 228 g/mol. The molecule has 1 atom stereocenters. The Balaban J connectivity index is 1.73. The number of benzene rings is 1. The monoisotopic (exact) mass is 248 g/mol. The molecule has 1 aliphatic rings. The molecule has 1 heterocycles. The lowest BCUT2D eigenvalue weighted by molar-refractivity contribution is -0.114. The summed E-state index contributed by atoms with van der Waals surface area (Å²) in [4.78, 5) is 10.9. The maximum absolute atomic E-state index is 10.9. The molecule has 1 aromatic carbocycles. The van der Waals surface area contributed by atoms with Crippen LogP contribution in [0, 0.1) is 0 Å². The normalized spacial score (nSPS) is 18.6. The Labute approximate surface area is 108 Å². The standard InChI is InChI=1S/C14H20N2O2/c1-11(17)16-13-6-4-12(5-7-13)15-9-8-14-3-2-10-18-14/h4-7,14-15H,2-3,8-10H2,1H3,(H,16,17). The van der Waals surface area contributed by atoms with Crippen molar-refractivity contribution in [1.82, 2.24) is 0 Å². The molecule has 18 heavy (non-hydrogen) atoms. The van der Waals surface area contributed by atoms with Gasteiger partial charge in [0.2, 0.25) is 5.91 Å². The van der Waals surface area contributed by atoms with Crippen LogP contribution in [0.25, 0.3) is 0 Å². The summed E-state index contributed by atoms with van der Waals surface area (Å²) in [6.45, 7) is 3.34. The summed E-state index contributed by atoms with van der Waals surface area (Å²) < 4.78 is 5.57. The molecule has 1 aliphatic heterocycles. The highest BCUT2D eigenvalue weighted by Gasteiger charge is 2.14. The van der Waals surface area contributed by atoms with Gasteiger partial charge in [0, 0.05) is 31.5 Å². The SMILES string of the molecule is CC(=O)Nc1ccc(NCCC2CCCO2)cc1. The molecule has 0 saturated carbocycles. The molecule has 1 unspecified atom stereocenters. The van der Waals surface area contributed by atoms with Crippen molar-refractivity contribution in [2.24, 2.45) is 0 Å². The molecule has 2 rings (SSSR count). The molecule has 0 spiro atoms. The largest absolute Gasteiger partial charge is 0.385 e. The van der Waals surface area contributed by atoms with Crippen LogP contribution in [0.15, 0.2) is 24.3 Å². The van der Waals surface area contributed by atoms with Gasteiger partial charge in [-0.2, -0.15) is 0 Å². The van der Waals surface area contributed by atoms with Crippen LogP contribution >= 0.6 is 0 Å². The van der Waals surface area contributed by atoms with E-state index in [1.54, 1.807) is 0 Å². The van der Waals surface area contributed by atoms with E-state index in [4.69, 9.17) is 4.74 Å². The topological polar surface area (TPSA) is 50.4 Å². The molecule has 1 aromatic rings. The van der Waals surface area contributed by atoms with Gasteiger partial charge < -0.3 is 15.4 Å². The van der Waals surface area contributed by atoms with Gasteiger partial charge in [0.25, 0.3) is 0 Å². The molecule has 1 saturated heterocycles. The molecule has 0 bridgehead atoms. The summed E-state index contributed by atoms with van der Waals surface area (Å²) in [5.74, 6) is -0.0471. The smallest absolute Gasteiger partial charge is 0.221 e. The molecule has 98 valence electrons. The van der Waals surface area contributed by atoms with E-state index < -0.39 is 0 Å². The highest BCUT2D eigenvalue weighted by Crippen LogP contribution is 2.17. The second-order valence-electron chi connectivity index (χ2n) is 4.61. The van der Waals surface area contributed by atoms with Gasteiger partial charge >= 0.3 is 0 Å². The molecule has 1 fully saturated rings. The summed E-state index contributed by atoms with van der Waals surface area (Å²) in [6.07, 6.45) is 3.85. The Bertz CT molecular complexity index is 383. The van der Waals surface area contributed by atoms with Crippen molar-refractivity contribution < 1.29 is 9.53 Å². The van der Waals surface area contributed by atoms with Gasteiger partial charge in [-0.05, 0) is 43.5 Å². The van der Waals surface area contributed by atoms with Crippen molar-refractivity contribution in [2.45, 2.75) is 32.3 Å². The highest BCUT2D eigenvalue weighted by atomic mass is 16.5. The fourth-order valence-corrected chi connectivity index (χ4v) is 2.12. The van der Waals surface area contributed by atoms with E-state index in [0.29, 0.717) is 6.10 Å². The fraction of sp³-hybridized carbons (Fsp3) is 0.500. The number of hydrogen-bond acceptors (Lipinski definition) is 3. The van der Waals surface area contributed by atoms with Crippen LogP contribution in [0.5, 0.6) is 0 Å². The van der Waals surface area contributed by atoms with Crippen molar-refractivity contribution in [3.05, 3.63) is 24.3 Å². The third-order valence-electron chi connectivity index (χ3n) is 3.02. The Hall–Kier alpha value is -1.55. The number of amides is 1. The van der Waals surface area contributed by atoms with Crippen molar-refractivity contribution in [3.8, 4) is 0 Å². The average Bonchev–Trinajstić information content (AvgIpc) is 2.84. The molecule has 4 heteroatoms. The van der Waals surface area contributed by atoms with Gasteiger partial charge in [-0.15, -0.1) is 0 Å². The molecule has 1 amide bonds. The van der Waals surface area contributed by atoms with Crippen molar-refractivity contribution in [1.29, 1.82) is 0 Å². The number of rotatable bonds is 5. The lowest BCUT2D eigenvalue weighted by atomic mass is 10.2. The van der Waals surface area contributed by atoms with Crippen molar-refractivity contribution in [3.63, 3.8) is 0 Å². The minimum absolute atomic E-state index is 0.0471. The van der Waals surface area contributed by atoms with E-state index in [0.717, 1.165) is 30.9 Å². The predicted molar refractivity (Wildman–Crippen MR) is 72.8 cm³/mol. The minimum atomic E-state index is -0.0471. The van der Waals surface area contributed by atoms with Gasteiger partial charge in [0.1, 0.15) is 0 Å². The molecule has 2 N–H and O–H groups in total. The lowest BCUT2D eigenvalue weighted by Crippen LogP contribution is -2.12. The zero-order chi connectivity index (χ0) is 12.8.